The fourth-order valence-electron chi connectivity index (χ4n) is 2.26. The molecule has 1 atom stereocenters. The lowest BCUT2D eigenvalue weighted by Gasteiger charge is -2.19. The molecular formula is C14H18O2. The van der Waals surface area contributed by atoms with Gasteiger partial charge in [-0.2, -0.15) is 0 Å². The largest absolute Gasteiger partial charge is 0.481 e. The average Bonchev–Trinajstić information content (AvgIpc) is 2.58. The van der Waals surface area contributed by atoms with Crippen LogP contribution in [0.2, 0.25) is 0 Å². The van der Waals surface area contributed by atoms with E-state index < -0.39 is 5.97 Å². The lowest BCUT2D eigenvalue weighted by Crippen LogP contribution is -2.13. The zero-order valence-corrected chi connectivity index (χ0v) is 10.1. The van der Waals surface area contributed by atoms with Crippen molar-refractivity contribution in [3.8, 4) is 0 Å². The second-order valence-corrected chi connectivity index (χ2v) is 5.68. The van der Waals surface area contributed by atoms with Gasteiger partial charge < -0.3 is 5.11 Å². The molecule has 0 spiro atoms. The summed E-state index contributed by atoms with van der Waals surface area (Å²) in [6.45, 7) is 6.54. The van der Waals surface area contributed by atoms with E-state index >= 15 is 0 Å². The molecule has 0 aliphatic heterocycles. The maximum Gasteiger partial charge on any atom is 0.307 e. The van der Waals surface area contributed by atoms with Crippen LogP contribution in [0.1, 0.15) is 37.5 Å². The quantitative estimate of drug-likeness (QED) is 0.787. The van der Waals surface area contributed by atoms with Crippen LogP contribution < -0.4 is 0 Å². The molecule has 1 aliphatic rings. The number of benzene rings is 1. The molecule has 1 aromatic carbocycles. The molecule has 0 aromatic heterocycles. The van der Waals surface area contributed by atoms with Crippen LogP contribution in [0.4, 0.5) is 0 Å². The molecule has 1 aliphatic carbocycles. The van der Waals surface area contributed by atoms with Crippen molar-refractivity contribution >= 4 is 5.97 Å². The Balaban J connectivity index is 2.31. The molecule has 0 bridgehead atoms. The van der Waals surface area contributed by atoms with E-state index in [1.807, 2.05) is 0 Å². The molecule has 0 fully saturated rings. The first-order chi connectivity index (χ1) is 7.38. The van der Waals surface area contributed by atoms with Gasteiger partial charge in [0, 0.05) is 0 Å². The third-order valence-corrected chi connectivity index (χ3v) is 3.35. The molecule has 16 heavy (non-hydrogen) atoms. The monoisotopic (exact) mass is 218 g/mol. The Hall–Kier alpha value is -1.31. The van der Waals surface area contributed by atoms with E-state index in [1.165, 1.54) is 16.7 Å². The minimum Gasteiger partial charge on any atom is -0.481 e. The topological polar surface area (TPSA) is 37.3 Å². The maximum atomic E-state index is 11.0. The summed E-state index contributed by atoms with van der Waals surface area (Å²) in [5.74, 6) is -0.890. The predicted molar refractivity (Wildman–Crippen MR) is 63.7 cm³/mol. The van der Waals surface area contributed by atoms with Crippen molar-refractivity contribution in [2.24, 2.45) is 5.92 Å². The molecule has 86 valence electrons. The van der Waals surface area contributed by atoms with E-state index in [0.29, 0.717) is 12.8 Å². The smallest absolute Gasteiger partial charge is 0.307 e. The van der Waals surface area contributed by atoms with Crippen LogP contribution in [-0.2, 0) is 23.1 Å². The van der Waals surface area contributed by atoms with Crippen LogP contribution in [0.5, 0.6) is 0 Å². The molecule has 0 heterocycles. The lowest BCUT2D eigenvalue weighted by molar-refractivity contribution is -0.141. The number of carbonyl (C=O) groups is 1. The van der Waals surface area contributed by atoms with Crippen molar-refractivity contribution in [1.82, 2.24) is 0 Å². The van der Waals surface area contributed by atoms with Gasteiger partial charge in [0.15, 0.2) is 0 Å². The lowest BCUT2D eigenvalue weighted by atomic mass is 9.85. The van der Waals surface area contributed by atoms with E-state index in [9.17, 15) is 4.79 Å². The third-order valence-electron chi connectivity index (χ3n) is 3.35. The number of carboxylic acids is 1. The van der Waals surface area contributed by atoms with Gasteiger partial charge in [0.25, 0.3) is 0 Å². The molecule has 0 radical (unpaired) electrons. The van der Waals surface area contributed by atoms with Crippen molar-refractivity contribution in [3.63, 3.8) is 0 Å². The van der Waals surface area contributed by atoms with Gasteiger partial charge in [-0.25, -0.2) is 0 Å². The van der Waals surface area contributed by atoms with Gasteiger partial charge >= 0.3 is 5.97 Å². The Morgan fingerprint density at radius 2 is 1.88 bits per heavy atom. The Kier molecular flexibility index (Phi) is 2.53. The number of aliphatic carboxylic acids is 1. The highest BCUT2D eigenvalue weighted by Crippen LogP contribution is 2.31. The standard InChI is InChI=1S/C14H18O2/c1-14(2,3)12-5-4-9-6-11(13(15)16)7-10(9)8-12/h4-5,8,11H,6-7H2,1-3H3,(H,15,16). The zero-order chi connectivity index (χ0) is 11.9. The summed E-state index contributed by atoms with van der Waals surface area (Å²) in [6.07, 6.45) is 1.38. The molecule has 0 saturated heterocycles. The molecule has 0 amide bonds. The molecular weight excluding hydrogens is 200 g/mol. The van der Waals surface area contributed by atoms with Crippen molar-refractivity contribution < 1.29 is 9.90 Å². The summed E-state index contributed by atoms with van der Waals surface area (Å²) in [5.41, 5.74) is 3.86. The Bertz CT molecular complexity index is 427. The van der Waals surface area contributed by atoms with E-state index in [-0.39, 0.29) is 11.3 Å². The van der Waals surface area contributed by atoms with E-state index in [4.69, 9.17) is 5.11 Å². The highest BCUT2D eigenvalue weighted by atomic mass is 16.4. The van der Waals surface area contributed by atoms with Crippen LogP contribution in [0.15, 0.2) is 18.2 Å². The molecule has 2 rings (SSSR count). The Labute approximate surface area is 96.3 Å². The minimum absolute atomic E-state index is 0.135. The summed E-state index contributed by atoms with van der Waals surface area (Å²) in [6, 6.07) is 6.40. The first kappa shape index (κ1) is 11.2. The van der Waals surface area contributed by atoms with Crippen molar-refractivity contribution in [1.29, 1.82) is 0 Å². The van der Waals surface area contributed by atoms with Crippen LogP contribution in [-0.4, -0.2) is 11.1 Å². The van der Waals surface area contributed by atoms with Gasteiger partial charge in [-0.3, -0.25) is 4.79 Å². The number of rotatable bonds is 1. The summed E-state index contributed by atoms with van der Waals surface area (Å²) < 4.78 is 0. The molecule has 0 saturated carbocycles. The molecule has 1 unspecified atom stereocenters. The first-order valence-corrected chi connectivity index (χ1v) is 5.73. The average molecular weight is 218 g/mol. The molecule has 2 heteroatoms. The van der Waals surface area contributed by atoms with Gasteiger partial charge in [0.2, 0.25) is 0 Å². The Morgan fingerprint density at radius 3 is 2.44 bits per heavy atom. The first-order valence-electron chi connectivity index (χ1n) is 5.73. The normalized spacial score (nSPS) is 19.6. The van der Waals surface area contributed by atoms with Crippen LogP contribution in [0.3, 0.4) is 0 Å². The van der Waals surface area contributed by atoms with Gasteiger partial charge in [-0.05, 0) is 34.9 Å². The fourth-order valence-corrected chi connectivity index (χ4v) is 2.26. The summed E-state index contributed by atoms with van der Waals surface area (Å²) in [5, 5.41) is 9.01. The van der Waals surface area contributed by atoms with Gasteiger partial charge in [0.05, 0.1) is 5.92 Å². The zero-order valence-electron chi connectivity index (χ0n) is 10.1. The minimum atomic E-state index is -0.673. The second-order valence-electron chi connectivity index (χ2n) is 5.68. The molecule has 1 aromatic rings. The molecule has 2 nitrogen and oxygen atoms in total. The summed E-state index contributed by atoms with van der Waals surface area (Å²) in [4.78, 5) is 11.0. The van der Waals surface area contributed by atoms with Gasteiger partial charge in [0.1, 0.15) is 0 Å². The van der Waals surface area contributed by atoms with Crippen molar-refractivity contribution in [2.75, 3.05) is 0 Å². The summed E-state index contributed by atoms with van der Waals surface area (Å²) in [7, 11) is 0. The highest BCUT2D eigenvalue weighted by molar-refractivity contribution is 5.72. The van der Waals surface area contributed by atoms with Gasteiger partial charge in [-0.15, -0.1) is 0 Å². The maximum absolute atomic E-state index is 11.0. The summed E-state index contributed by atoms with van der Waals surface area (Å²) >= 11 is 0. The van der Waals surface area contributed by atoms with Crippen LogP contribution in [0, 0.1) is 5.92 Å². The number of carboxylic acid groups (broad SMARTS) is 1. The van der Waals surface area contributed by atoms with Gasteiger partial charge in [-0.1, -0.05) is 39.0 Å². The predicted octanol–water partition coefficient (Wildman–Crippen LogP) is 2.78. The van der Waals surface area contributed by atoms with Crippen LogP contribution in [0.25, 0.3) is 0 Å². The Morgan fingerprint density at radius 1 is 1.25 bits per heavy atom. The number of hydrogen-bond acceptors (Lipinski definition) is 1. The SMILES string of the molecule is CC(C)(C)c1ccc2c(c1)CC(C(=O)O)C2. The van der Waals surface area contributed by atoms with Crippen molar-refractivity contribution in [2.45, 2.75) is 39.0 Å². The number of fused-ring (bicyclic) bond motifs is 1. The fraction of sp³-hybridized carbons (Fsp3) is 0.500. The second kappa shape index (κ2) is 3.62. The van der Waals surface area contributed by atoms with E-state index in [0.717, 1.165) is 0 Å². The highest BCUT2D eigenvalue weighted by Gasteiger charge is 2.28. The van der Waals surface area contributed by atoms with Crippen molar-refractivity contribution in [3.05, 3.63) is 34.9 Å². The molecule has 1 N–H and O–H groups in total. The van der Waals surface area contributed by atoms with Crippen LogP contribution >= 0.6 is 0 Å². The number of hydrogen-bond donors (Lipinski definition) is 1. The van der Waals surface area contributed by atoms with E-state index in [1.54, 1.807) is 0 Å². The van der Waals surface area contributed by atoms with E-state index in [2.05, 4.69) is 39.0 Å². The third kappa shape index (κ3) is 1.97.